The number of carbonyl (C=O) groups excluding carboxylic acids is 2. The average molecular weight is 641 g/mol. The number of nitrogens with zero attached hydrogens (tertiary/aromatic N) is 2. The molecule has 3 rings (SSSR count). The molecule has 0 aromatic heterocycles. The van der Waals surface area contributed by atoms with Crippen molar-refractivity contribution in [3.05, 3.63) is 97.9 Å². The minimum atomic E-state index is -3.85. The van der Waals surface area contributed by atoms with Crippen LogP contribution in [0.25, 0.3) is 0 Å². The maximum atomic E-state index is 13.9. The smallest absolute Gasteiger partial charge is 0.244 e. The van der Waals surface area contributed by atoms with Crippen LogP contribution >= 0.6 is 39.1 Å². The Bertz CT molecular complexity index is 1420. The Balaban J connectivity index is 2.06. The highest BCUT2D eigenvalue weighted by Gasteiger charge is 2.33. The lowest BCUT2D eigenvalue weighted by atomic mass is 10.0. The molecule has 1 atom stereocenters. The fourth-order valence-electron chi connectivity index (χ4n) is 3.95. The Hall–Kier alpha value is -2.59. The molecular formula is C27H28BrCl2N3O4S. The number of benzene rings is 3. The third-order valence-corrected chi connectivity index (χ3v) is 8.60. The zero-order chi connectivity index (χ0) is 28.0. The lowest BCUT2D eigenvalue weighted by molar-refractivity contribution is -0.139. The average Bonchev–Trinajstić information content (AvgIpc) is 2.87. The van der Waals surface area contributed by atoms with E-state index in [2.05, 4.69) is 21.2 Å². The van der Waals surface area contributed by atoms with E-state index in [1.165, 1.54) is 11.9 Å². The number of carbonyl (C=O) groups is 2. The van der Waals surface area contributed by atoms with Crippen molar-refractivity contribution in [2.24, 2.45) is 0 Å². The van der Waals surface area contributed by atoms with Crippen LogP contribution in [0.1, 0.15) is 16.7 Å². The van der Waals surface area contributed by atoms with Crippen molar-refractivity contribution in [3.63, 3.8) is 0 Å². The van der Waals surface area contributed by atoms with Gasteiger partial charge in [-0.3, -0.25) is 13.9 Å². The maximum Gasteiger partial charge on any atom is 0.244 e. The van der Waals surface area contributed by atoms with Crippen molar-refractivity contribution < 1.29 is 18.0 Å². The minimum absolute atomic E-state index is 0.0310. The van der Waals surface area contributed by atoms with Gasteiger partial charge < -0.3 is 10.2 Å². The van der Waals surface area contributed by atoms with Crippen LogP contribution in [-0.2, 0) is 32.6 Å². The van der Waals surface area contributed by atoms with Gasteiger partial charge >= 0.3 is 0 Å². The van der Waals surface area contributed by atoms with E-state index < -0.39 is 34.4 Å². The minimum Gasteiger partial charge on any atom is -0.357 e. The molecule has 0 aliphatic heterocycles. The molecule has 0 spiro atoms. The van der Waals surface area contributed by atoms with Gasteiger partial charge in [-0.25, -0.2) is 8.42 Å². The van der Waals surface area contributed by atoms with E-state index in [0.29, 0.717) is 21.3 Å². The topological polar surface area (TPSA) is 86.8 Å². The number of likely N-dealkylation sites (N-methyl/N-ethyl adjacent to an activating group) is 1. The summed E-state index contributed by atoms with van der Waals surface area (Å²) in [7, 11) is -2.35. The molecule has 202 valence electrons. The van der Waals surface area contributed by atoms with Crippen LogP contribution in [0, 0.1) is 6.92 Å². The second-order valence-corrected chi connectivity index (χ2v) is 12.4. The summed E-state index contributed by atoms with van der Waals surface area (Å²) < 4.78 is 27.5. The Morgan fingerprint density at radius 2 is 1.71 bits per heavy atom. The molecule has 3 aromatic carbocycles. The SMILES string of the molecule is CNC(=O)[C@H](Cc1ccccc1)N(Cc1ccc(Cl)cc1Cl)C(=O)CN(c1ccc(Br)c(C)c1)S(C)(=O)=O. The van der Waals surface area contributed by atoms with Crippen LogP contribution in [0.5, 0.6) is 0 Å². The molecule has 3 aromatic rings. The van der Waals surface area contributed by atoms with Gasteiger partial charge in [0, 0.05) is 34.5 Å². The highest BCUT2D eigenvalue weighted by molar-refractivity contribution is 9.10. The van der Waals surface area contributed by atoms with E-state index in [4.69, 9.17) is 23.2 Å². The number of halogens is 3. The van der Waals surface area contributed by atoms with Crippen molar-refractivity contribution in [1.29, 1.82) is 0 Å². The van der Waals surface area contributed by atoms with Crippen LogP contribution in [0.3, 0.4) is 0 Å². The predicted molar refractivity (Wildman–Crippen MR) is 156 cm³/mol. The Kier molecular flexibility index (Phi) is 10.2. The number of nitrogens with one attached hydrogen (secondary N) is 1. The Morgan fingerprint density at radius 3 is 2.29 bits per heavy atom. The van der Waals surface area contributed by atoms with E-state index in [-0.39, 0.29) is 13.0 Å². The lowest BCUT2D eigenvalue weighted by Gasteiger charge is -2.33. The second-order valence-electron chi connectivity index (χ2n) is 8.78. The molecule has 0 aliphatic rings. The second kappa shape index (κ2) is 13.0. The molecule has 11 heteroatoms. The summed E-state index contributed by atoms with van der Waals surface area (Å²) >= 11 is 15.9. The normalized spacial score (nSPS) is 12.1. The van der Waals surface area contributed by atoms with Gasteiger partial charge in [0.2, 0.25) is 21.8 Å². The quantitative estimate of drug-likeness (QED) is 0.329. The van der Waals surface area contributed by atoms with Crippen LogP contribution in [0.15, 0.2) is 71.2 Å². The molecule has 0 saturated carbocycles. The lowest BCUT2D eigenvalue weighted by Crippen LogP contribution is -2.52. The molecule has 38 heavy (non-hydrogen) atoms. The van der Waals surface area contributed by atoms with Gasteiger partial charge in [-0.1, -0.05) is 75.5 Å². The third-order valence-electron chi connectivity index (χ3n) is 5.98. The van der Waals surface area contributed by atoms with E-state index in [1.54, 1.807) is 36.4 Å². The van der Waals surface area contributed by atoms with Gasteiger partial charge in [-0.2, -0.15) is 0 Å². The zero-order valence-electron chi connectivity index (χ0n) is 21.1. The van der Waals surface area contributed by atoms with Gasteiger partial charge in [-0.05, 0) is 53.9 Å². The van der Waals surface area contributed by atoms with Gasteiger partial charge in [0.05, 0.1) is 11.9 Å². The molecule has 0 heterocycles. The Morgan fingerprint density at radius 1 is 1.03 bits per heavy atom. The first-order valence-electron chi connectivity index (χ1n) is 11.6. The van der Waals surface area contributed by atoms with Crippen molar-refractivity contribution in [1.82, 2.24) is 10.2 Å². The summed E-state index contributed by atoms with van der Waals surface area (Å²) in [6.07, 6.45) is 1.26. The van der Waals surface area contributed by atoms with Crippen LogP contribution in [-0.4, -0.2) is 51.0 Å². The molecule has 0 bridgehead atoms. The number of rotatable bonds is 10. The van der Waals surface area contributed by atoms with E-state index in [0.717, 1.165) is 26.2 Å². The first kappa shape index (κ1) is 30.0. The summed E-state index contributed by atoms with van der Waals surface area (Å²) in [5.41, 5.74) is 2.55. The van der Waals surface area contributed by atoms with E-state index >= 15 is 0 Å². The summed E-state index contributed by atoms with van der Waals surface area (Å²) in [5, 5.41) is 3.39. The van der Waals surface area contributed by atoms with Crippen LogP contribution in [0.4, 0.5) is 5.69 Å². The number of hydrogen-bond acceptors (Lipinski definition) is 4. The highest BCUT2D eigenvalue weighted by atomic mass is 79.9. The highest BCUT2D eigenvalue weighted by Crippen LogP contribution is 2.27. The van der Waals surface area contributed by atoms with Crippen LogP contribution < -0.4 is 9.62 Å². The van der Waals surface area contributed by atoms with Crippen molar-refractivity contribution in [3.8, 4) is 0 Å². The van der Waals surface area contributed by atoms with Gasteiger partial charge in [-0.15, -0.1) is 0 Å². The summed E-state index contributed by atoms with van der Waals surface area (Å²) in [6, 6.07) is 18.2. The zero-order valence-corrected chi connectivity index (χ0v) is 25.0. The molecule has 0 unspecified atom stereocenters. The first-order valence-corrected chi connectivity index (χ1v) is 15.0. The predicted octanol–water partition coefficient (Wildman–Crippen LogP) is 5.22. The molecular weight excluding hydrogens is 613 g/mol. The standard InChI is InChI=1S/C27H28BrCl2N3O4S/c1-18-13-22(11-12-23(18)28)33(38(3,36)37)17-26(34)32(16-20-9-10-21(29)15-24(20)30)25(27(35)31-2)14-19-7-5-4-6-8-19/h4-13,15,25H,14,16-17H2,1-3H3,(H,31,35)/t25-/m0/s1. The molecule has 7 nitrogen and oxygen atoms in total. The summed E-state index contributed by atoms with van der Waals surface area (Å²) in [5.74, 6) is -0.954. The first-order chi connectivity index (χ1) is 17.9. The van der Waals surface area contributed by atoms with E-state index in [9.17, 15) is 18.0 Å². The number of sulfonamides is 1. The molecule has 0 radical (unpaired) electrons. The van der Waals surface area contributed by atoms with Crippen molar-refractivity contribution >= 4 is 66.7 Å². The van der Waals surface area contributed by atoms with Crippen molar-refractivity contribution in [2.45, 2.75) is 25.9 Å². The number of hydrogen-bond donors (Lipinski definition) is 1. The molecule has 1 N–H and O–H groups in total. The van der Waals surface area contributed by atoms with E-state index in [1.807, 2.05) is 37.3 Å². The summed E-state index contributed by atoms with van der Waals surface area (Å²) in [6.45, 7) is 1.29. The van der Waals surface area contributed by atoms with Gasteiger partial charge in [0.25, 0.3) is 0 Å². The number of amides is 2. The molecule has 0 fully saturated rings. The van der Waals surface area contributed by atoms with Crippen molar-refractivity contribution in [2.75, 3.05) is 24.2 Å². The van der Waals surface area contributed by atoms with Gasteiger partial charge in [0.1, 0.15) is 12.6 Å². The fraction of sp³-hybridized carbons (Fsp3) is 0.259. The number of aryl methyl sites for hydroxylation is 1. The summed E-state index contributed by atoms with van der Waals surface area (Å²) in [4.78, 5) is 28.4. The van der Waals surface area contributed by atoms with Gasteiger partial charge in [0.15, 0.2) is 0 Å². The third kappa shape index (κ3) is 7.72. The van der Waals surface area contributed by atoms with Crippen LogP contribution in [0.2, 0.25) is 10.0 Å². The number of anilines is 1. The molecule has 0 aliphatic carbocycles. The monoisotopic (exact) mass is 639 g/mol. The fourth-order valence-corrected chi connectivity index (χ4v) is 5.51. The molecule has 2 amide bonds. The maximum absolute atomic E-state index is 13.9. The molecule has 0 saturated heterocycles. The largest absolute Gasteiger partial charge is 0.357 e. The Labute approximate surface area is 241 Å².